The van der Waals surface area contributed by atoms with E-state index in [-0.39, 0.29) is 39.2 Å². The maximum atomic E-state index is 12.8. The predicted molar refractivity (Wildman–Crippen MR) is 80.1 cm³/mol. The van der Waals surface area contributed by atoms with Crippen LogP contribution in [0, 0.1) is 0 Å². The van der Waals surface area contributed by atoms with Crippen molar-refractivity contribution in [2.75, 3.05) is 13.1 Å². The van der Waals surface area contributed by atoms with Crippen molar-refractivity contribution in [2.45, 2.75) is 30.1 Å². The number of aromatic hydroxyl groups is 1. The predicted octanol–water partition coefficient (Wildman–Crippen LogP) is -3.03. The van der Waals surface area contributed by atoms with Crippen LogP contribution in [0.5, 0.6) is 5.75 Å². The first kappa shape index (κ1) is 15.0. The maximum absolute atomic E-state index is 12.8. The van der Waals surface area contributed by atoms with E-state index in [1.807, 2.05) is 11.8 Å². The van der Waals surface area contributed by atoms with E-state index in [9.17, 15) is 14.7 Å². The van der Waals surface area contributed by atoms with E-state index in [1.54, 1.807) is 10.8 Å². The second kappa shape index (κ2) is 5.23. The number of hydrogen-bond acceptors (Lipinski definition) is 5. The Bertz CT molecular complexity index is 775. The Morgan fingerprint density at radius 3 is 3.04 bits per heavy atom. The van der Waals surface area contributed by atoms with Gasteiger partial charge >= 0.3 is 144 Å². The van der Waals surface area contributed by atoms with Crippen molar-refractivity contribution < 1.29 is 31.4 Å². The number of carbonyl (C=O) groups excluding carboxylic acids is 1. The van der Waals surface area contributed by atoms with Crippen molar-refractivity contribution in [1.82, 2.24) is 17.9 Å². The molecule has 8 heteroatoms. The summed E-state index contributed by atoms with van der Waals surface area (Å²) in [5.41, 5.74) is 0.381. The molecular formula is C15H18IN4O3-. The number of rotatable bonds is 3. The Labute approximate surface area is 144 Å². The molecule has 3 unspecified atom stereocenters. The van der Waals surface area contributed by atoms with Gasteiger partial charge in [0.25, 0.3) is 0 Å². The van der Waals surface area contributed by atoms with Crippen LogP contribution in [0.1, 0.15) is 29.4 Å². The van der Waals surface area contributed by atoms with Crippen molar-refractivity contribution in [3.8, 4) is 5.75 Å². The fourth-order valence-electron chi connectivity index (χ4n) is 3.47. The van der Waals surface area contributed by atoms with Crippen LogP contribution in [-0.4, -0.2) is 46.9 Å². The summed E-state index contributed by atoms with van der Waals surface area (Å²) in [5.74, 6) is -0.677. The van der Waals surface area contributed by atoms with Crippen molar-refractivity contribution in [3.05, 3.63) is 34.3 Å². The molecule has 0 saturated carbocycles. The molecule has 0 aromatic carbocycles. The number of nitrogens with one attached hydrogen (secondary N) is 1. The molecule has 1 amide bonds. The normalized spacial score (nSPS) is 28.1. The standard InChI is InChI=1S/C15H18IN4O3/c1-3-17-8(2)9-6-18-7-11-19-5-4-10(16-19)20(11)15(23)12(18)14(22)13(9)21/h6,10-11,17,22H,2-5,7H2,1H3/q-1. The first-order valence-electron chi connectivity index (χ1n) is 7.65. The van der Waals surface area contributed by atoms with Gasteiger partial charge < -0.3 is 0 Å². The molecule has 4 heterocycles. The van der Waals surface area contributed by atoms with Crippen molar-refractivity contribution in [2.24, 2.45) is 0 Å². The second-order valence-corrected chi connectivity index (χ2v) is 9.10. The second-order valence-electron chi connectivity index (χ2n) is 5.87. The van der Waals surface area contributed by atoms with Gasteiger partial charge in [0.05, 0.1) is 0 Å². The minimum absolute atomic E-state index is 0.0729. The van der Waals surface area contributed by atoms with Crippen LogP contribution < -0.4 is 32.2 Å². The molecule has 0 radical (unpaired) electrons. The molecule has 3 aliphatic rings. The third kappa shape index (κ3) is 2.04. The zero-order valence-corrected chi connectivity index (χ0v) is 14.9. The summed E-state index contributed by atoms with van der Waals surface area (Å²) in [6, 6.07) is 0. The first-order valence-corrected chi connectivity index (χ1v) is 9.86. The van der Waals surface area contributed by atoms with E-state index in [1.165, 1.54) is 0 Å². The molecule has 7 nitrogen and oxygen atoms in total. The topological polar surface area (TPSA) is 77.8 Å². The number of nitrogens with zero attached hydrogens (tertiary/aromatic N) is 3. The number of halogens is 1. The zero-order chi connectivity index (χ0) is 16.3. The average Bonchev–Trinajstić information content (AvgIpc) is 3.12. The van der Waals surface area contributed by atoms with E-state index in [4.69, 9.17) is 0 Å². The third-order valence-corrected chi connectivity index (χ3v) is 8.24. The van der Waals surface area contributed by atoms with Gasteiger partial charge in [-0.2, -0.15) is 0 Å². The summed E-state index contributed by atoms with van der Waals surface area (Å²) in [6.45, 7) is 8.04. The average molecular weight is 429 g/mol. The number of amides is 1. The molecule has 4 rings (SSSR count). The Morgan fingerprint density at radius 1 is 1.52 bits per heavy atom. The van der Waals surface area contributed by atoms with Gasteiger partial charge in [-0.3, -0.25) is 0 Å². The molecule has 1 aromatic heterocycles. The minimum atomic E-state index is -0.534. The Balaban J connectivity index is 1.82. The van der Waals surface area contributed by atoms with Crippen molar-refractivity contribution >= 4 is 11.6 Å². The Kier molecular flexibility index (Phi) is 3.41. The van der Waals surface area contributed by atoms with Crippen LogP contribution in [-0.2, 0) is 6.54 Å². The van der Waals surface area contributed by atoms with E-state index < -0.39 is 11.2 Å². The van der Waals surface area contributed by atoms with Crippen LogP contribution in [0.4, 0.5) is 0 Å². The van der Waals surface area contributed by atoms with Gasteiger partial charge in [0.1, 0.15) is 0 Å². The van der Waals surface area contributed by atoms with Gasteiger partial charge in [-0.15, -0.1) is 0 Å². The molecule has 124 valence electrons. The van der Waals surface area contributed by atoms with Crippen LogP contribution in [0.2, 0.25) is 0 Å². The molecule has 0 spiro atoms. The molecule has 3 aliphatic heterocycles. The van der Waals surface area contributed by atoms with Crippen LogP contribution in [0.15, 0.2) is 17.6 Å². The fourth-order valence-corrected chi connectivity index (χ4v) is 7.12. The zero-order valence-electron chi connectivity index (χ0n) is 12.8. The summed E-state index contributed by atoms with van der Waals surface area (Å²) in [7, 11) is 0. The summed E-state index contributed by atoms with van der Waals surface area (Å²) < 4.78 is 4.44. The van der Waals surface area contributed by atoms with Crippen LogP contribution >= 0.6 is 0 Å². The summed E-state index contributed by atoms with van der Waals surface area (Å²) >= 11 is -0.166. The summed E-state index contributed by atoms with van der Waals surface area (Å²) in [5, 5.41) is 13.3. The molecular weight excluding hydrogens is 411 g/mol. The monoisotopic (exact) mass is 429 g/mol. The van der Waals surface area contributed by atoms with Gasteiger partial charge in [-0.25, -0.2) is 0 Å². The van der Waals surface area contributed by atoms with Crippen molar-refractivity contribution in [1.29, 1.82) is 0 Å². The van der Waals surface area contributed by atoms with E-state index >= 15 is 0 Å². The number of fused-ring (bicyclic) bond motifs is 6. The first-order chi connectivity index (χ1) is 11.0. The molecule has 3 atom stereocenters. The van der Waals surface area contributed by atoms with Gasteiger partial charge in [0.15, 0.2) is 0 Å². The number of carbonyl (C=O) groups is 1. The SMILES string of the molecule is C=C(NCC)c1cn2c(c(O)c1=O)C(=O)N1C3CCN([I-]3)C1C2. The van der Waals surface area contributed by atoms with E-state index in [2.05, 4.69) is 15.0 Å². The molecule has 0 aliphatic carbocycles. The van der Waals surface area contributed by atoms with Crippen LogP contribution in [0.25, 0.3) is 5.70 Å². The molecule has 1 aromatic rings. The number of hydrogen-bond donors (Lipinski definition) is 2. The van der Waals surface area contributed by atoms with Gasteiger partial charge in [-0.1, -0.05) is 0 Å². The molecule has 23 heavy (non-hydrogen) atoms. The summed E-state index contributed by atoms with van der Waals surface area (Å²) in [4.78, 5) is 27.1. The molecule has 2 fully saturated rings. The molecule has 2 N–H and O–H groups in total. The third-order valence-electron chi connectivity index (χ3n) is 4.53. The van der Waals surface area contributed by atoms with Gasteiger partial charge in [0.2, 0.25) is 0 Å². The van der Waals surface area contributed by atoms with Crippen LogP contribution in [0.3, 0.4) is 0 Å². The quantitative estimate of drug-likeness (QED) is 0.232. The van der Waals surface area contributed by atoms with E-state index in [0.29, 0.717) is 28.4 Å². The number of pyridine rings is 1. The summed E-state index contributed by atoms with van der Waals surface area (Å²) in [6.07, 6.45) is 2.74. The van der Waals surface area contributed by atoms with E-state index in [0.717, 1.165) is 13.0 Å². The number of aromatic nitrogens is 1. The fraction of sp³-hybridized carbons (Fsp3) is 0.467. The molecule has 2 bridgehead atoms. The Morgan fingerprint density at radius 2 is 2.30 bits per heavy atom. The van der Waals surface area contributed by atoms with Gasteiger partial charge in [-0.05, 0) is 0 Å². The van der Waals surface area contributed by atoms with Crippen molar-refractivity contribution in [3.63, 3.8) is 0 Å². The Hall–Kier alpha value is -1.55. The number of alkyl halides is 1. The molecule has 2 saturated heterocycles. The van der Waals surface area contributed by atoms with Gasteiger partial charge in [0, 0.05) is 0 Å².